The summed E-state index contributed by atoms with van der Waals surface area (Å²) >= 11 is 0. The number of rotatable bonds is 52. The number of hydrogen-bond donors (Lipinski definition) is 1. The van der Waals surface area contributed by atoms with Crippen molar-refractivity contribution >= 4 is 19.8 Å². The van der Waals surface area contributed by atoms with Gasteiger partial charge in [-0.15, -0.1) is 0 Å². The Bertz CT molecular complexity index is 1170. The third kappa shape index (κ3) is 51.9. The minimum atomic E-state index is -4.38. The van der Waals surface area contributed by atoms with E-state index < -0.39 is 26.5 Å². The average Bonchev–Trinajstić information content (AvgIpc) is 3.27. The normalized spacial score (nSPS) is 13.5. The van der Waals surface area contributed by atoms with Gasteiger partial charge in [-0.25, -0.2) is 4.57 Å². The van der Waals surface area contributed by atoms with E-state index >= 15 is 0 Å². The number of unbranched alkanes of at least 4 members (excludes halogenated alkanes) is 34. The van der Waals surface area contributed by atoms with Crippen molar-refractivity contribution in [1.82, 2.24) is 0 Å². The molecule has 66 heavy (non-hydrogen) atoms. The largest absolute Gasteiger partial charge is 0.472 e. The van der Waals surface area contributed by atoms with Crippen molar-refractivity contribution in [1.29, 1.82) is 0 Å². The smallest absolute Gasteiger partial charge is 0.462 e. The van der Waals surface area contributed by atoms with Gasteiger partial charge in [-0.3, -0.25) is 18.6 Å². The standard InChI is InChI=1S/C56H108NO8P/c1-6-8-10-12-14-16-18-20-21-22-23-24-25-26-27-28-29-30-31-32-33-34-35-37-39-41-43-45-47-49-56(59)65-54(53-64-66(60,61)63-51-50-57(3,4)5)52-62-55(58)48-46-44-42-40-38-36-19-17-15-13-11-9-7-2/h17,19,22-23,54H,6-16,18,20-21,24-53H2,1-5H3/p+1/b19-17-,23-22-. The second-order valence-corrected chi connectivity index (χ2v) is 21.8. The van der Waals surface area contributed by atoms with Crippen molar-refractivity contribution in [2.24, 2.45) is 0 Å². The van der Waals surface area contributed by atoms with Crippen LogP contribution in [0.15, 0.2) is 24.3 Å². The first-order valence-electron chi connectivity index (χ1n) is 28.1. The summed E-state index contributed by atoms with van der Waals surface area (Å²) in [6, 6.07) is 0. The highest BCUT2D eigenvalue weighted by Crippen LogP contribution is 2.43. The Kier molecular flexibility index (Phi) is 47.4. The number of ether oxygens (including phenoxy) is 2. The number of likely N-dealkylation sites (N-methyl/N-ethyl adjacent to an activating group) is 1. The number of phosphoric ester groups is 1. The summed E-state index contributed by atoms with van der Waals surface area (Å²) in [6.07, 6.45) is 56.8. The van der Waals surface area contributed by atoms with Gasteiger partial charge in [0.25, 0.3) is 0 Å². The van der Waals surface area contributed by atoms with E-state index in [2.05, 4.69) is 38.2 Å². The monoisotopic (exact) mass is 955 g/mol. The topological polar surface area (TPSA) is 108 Å². The predicted octanol–water partition coefficient (Wildman–Crippen LogP) is 17.0. The average molecular weight is 955 g/mol. The maximum atomic E-state index is 12.8. The number of nitrogens with zero attached hydrogens (tertiary/aromatic N) is 1. The molecule has 0 aromatic carbocycles. The molecule has 2 atom stereocenters. The van der Waals surface area contributed by atoms with Crippen LogP contribution in [0.2, 0.25) is 0 Å². The summed E-state index contributed by atoms with van der Waals surface area (Å²) in [7, 11) is 1.48. The molecule has 1 N–H and O–H groups in total. The van der Waals surface area contributed by atoms with Crippen LogP contribution < -0.4 is 0 Å². The SMILES string of the molecule is CCCCCC/C=C\CCCCCCCC(=O)OCC(COP(=O)(O)OCC[N+](C)(C)C)OC(=O)CCCCCCCCCCCCCCCCCCC/C=C\CCCCCCCCCC. The van der Waals surface area contributed by atoms with Crippen LogP contribution in [-0.2, 0) is 32.7 Å². The quantitative estimate of drug-likeness (QED) is 0.0211. The van der Waals surface area contributed by atoms with Gasteiger partial charge in [0.15, 0.2) is 6.10 Å². The number of hydrogen-bond acceptors (Lipinski definition) is 7. The Balaban J connectivity index is 4.05. The molecule has 0 aliphatic heterocycles. The van der Waals surface area contributed by atoms with Crippen LogP contribution in [0, 0.1) is 0 Å². The number of allylic oxidation sites excluding steroid dienone is 4. The molecule has 0 aliphatic carbocycles. The van der Waals surface area contributed by atoms with Gasteiger partial charge in [0, 0.05) is 12.8 Å². The lowest BCUT2D eigenvalue weighted by atomic mass is 10.0. The molecule has 0 aliphatic rings. The van der Waals surface area contributed by atoms with Crippen molar-refractivity contribution < 1.29 is 42.1 Å². The summed E-state index contributed by atoms with van der Waals surface area (Å²) in [6.45, 7) is 4.44. The van der Waals surface area contributed by atoms with Crippen molar-refractivity contribution in [2.75, 3.05) is 47.5 Å². The van der Waals surface area contributed by atoms with E-state index in [4.69, 9.17) is 18.5 Å². The molecule has 0 aromatic rings. The van der Waals surface area contributed by atoms with Gasteiger partial charge in [-0.2, -0.15) is 0 Å². The first kappa shape index (κ1) is 64.5. The molecule has 0 saturated heterocycles. The molecular weight excluding hydrogens is 846 g/mol. The fraction of sp³-hybridized carbons (Fsp3) is 0.893. The van der Waals surface area contributed by atoms with E-state index in [-0.39, 0.29) is 32.0 Å². The van der Waals surface area contributed by atoms with Crippen molar-refractivity contribution in [2.45, 2.75) is 277 Å². The Morgan fingerprint density at radius 2 is 0.773 bits per heavy atom. The summed E-state index contributed by atoms with van der Waals surface area (Å²) < 4.78 is 34.5. The Labute approximate surface area is 409 Å². The molecule has 0 fully saturated rings. The van der Waals surface area contributed by atoms with Gasteiger partial charge in [0.1, 0.15) is 19.8 Å². The second kappa shape index (κ2) is 48.5. The molecule has 390 valence electrons. The van der Waals surface area contributed by atoms with Crippen LogP contribution in [0.3, 0.4) is 0 Å². The number of esters is 2. The zero-order valence-electron chi connectivity index (χ0n) is 44.2. The predicted molar refractivity (Wildman–Crippen MR) is 280 cm³/mol. The summed E-state index contributed by atoms with van der Waals surface area (Å²) in [4.78, 5) is 35.5. The van der Waals surface area contributed by atoms with Gasteiger partial charge >= 0.3 is 19.8 Å². The zero-order valence-corrected chi connectivity index (χ0v) is 45.1. The van der Waals surface area contributed by atoms with Crippen LogP contribution >= 0.6 is 7.82 Å². The van der Waals surface area contributed by atoms with Crippen LogP contribution in [0.5, 0.6) is 0 Å². The zero-order chi connectivity index (χ0) is 48.5. The second-order valence-electron chi connectivity index (χ2n) is 20.3. The van der Waals surface area contributed by atoms with Crippen molar-refractivity contribution in [3.8, 4) is 0 Å². The number of quaternary nitrogens is 1. The minimum Gasteiger partial charge on any atom is -0.462 e. The highest BCUT2D eigenvalue weighted by molar-refractivity contribution is 7.47. The van der Waals surface area contributed by atoms with Crippen LogP contribution in [0.1, 0.15) is 271 Å². The first-order chi connectivity index (χ1) is 32.0. The van der Waals surface area contributed by atoms with E-state index in [1.807, 2.05) is 21.1 Å². The summed E-state index contributed by atoms with van der Waals surface area (Å²) in [5, 5.41) is 0. The maximum absolute atomic E-state index is 12.8. The molecule has 0 amide bonds. The van der Waals surface area contributed by atoms with Crippen LogP contribution in [0.25, 0.3) is 0 Å². The number of carbonyl (C=O) groups is 2. The van der Waals surface area contributed by atoms with E-state index in [1.165, 1.54) is 186 Å². The third-order valence-electron chi connectivity index (χ3n) is 12.5. The number of phosphoric acid groups is 1. The Morgan fingerprint density at radius 3 is 1.14 bits per heavy atom. The van der Waals surface area contributed by atoms with Crippen molar-refractivity contribution in [3.63, 3.8) is 0 Å². The summed E-state index contributed by atoms with van der Waals surface area (Å²) in [5.41, 5.74) is 0. The first-order valence-corrected chi connectivity index (χ1v) is 29.6. The highest BCUT2D eigenvalue weighted by atomic mass is 31.2. The van der Waals surface area contributed by atoms with Gasteiger partial charge in [-0.1, -0.05) is 218 Å². The lowest BCUT2D eigenvalue weighted by Gasteiger charge is -2.24. The fourth-order valence-electron chi connectivity index (χ4n) is 8.07. The molecule has 0 aromatic heterocycles. The maximum Gasteiger partial charge on any atom is 0.472 e. The summed E-state index contributed by atoms with van der Waals surface area (Å²) in [5.74, 6) is -0.796. The Morgan fingerprint density at radius 1 is 0.455 bits per heavy atom. The number of carbonyl (C=O) groups excluding carboxylic acids is 2. The molecule has 0 spiro atoms. The van der Waals surface area contributed by atoms with E-state index in [0.29, 0.717) is 17.4 Å². The lowest BCUT2D eigenvalue weighted by Crippen LogP contribution is -2.37. The van der Waals surface area contributed by atoms with E-state index in [1.54, 1.807) is 0 Å². The highest BCUT2D eigenvalue weighted by Gasteiger charge is 2.27. The van der Waals surface area contributed by atoms with Crippen LogP contribution in [0.4, 0.5) is 0 Å². The van der Waals surface area contributed by atoms with Crippen LogP contribution in [-0.4, -0.2) is 74.9 Å². The molecule has 0 heterocycles. The van der Waals surface area contributed by atoms with E-state index in [0.717, 1.165) is 51.4 Å². The third-order valence-corrected chi connectivity index (χ3v) is 13.4. The molecular formula is C56H109NO8P+. The molecule has 0 saturated carbocycles. The molecule has 10 heteroatoms. The molecule has 0 radical (unpaired) electrons. The Hall–Kier alpha value is -1.51. The van der Waals surface area contributed by atoms with Gasteiger partial charge < -0.3 is 18.9 Å². The molecule has 0 rings (SSSR count). The fourth-order valence-corrected chi connectivity index (χ4v) is 8.81. The van der Waals surface area contributed by atoms with Gasteiger partial charge in [0.2, 0.25) is 0 Å². The van der Waals surface area contributed by atoms with E-state index in [9.17, 15) is 19.0 Å². The van der Waals surface area contributed by atoms with Gasteiger partial charge in [0.05, 0.1) is 27.7 Å². The van der Waals surface area contributed by atoms with Gasteiger partial charge in [-0.05, 0) is 64.2 Å². The molecule has 2 unspecified atom stereocenters. The lowest BCUT2D eigenvalue weighted by molar-refractivity contribution is -0.870. The molecule has 9 nitrogen and oxygen atoms in total. The van der Waals surface area contributed by atoms with Crippen molar-refractivity contribution in [3.05, 3.63) is 24.3 Å². The minimum absolute atomic E-state index is 0.0327. The molecule has 0 bridgehead atoms.